The van der Waals surface area contributed by atoms with Crippen molar-refractivity contribution in [2.24, 2.45) is 0 Å². The summed E-state index contributed by atoms with van der Waals surface area (Å²) in [5.41, 5.74) is 2.17. The van der Waals surface area contributed by atoms with Gasteiger partial charge in [0.15, 0.2) is 5.82 Å². The molecule has 1 aliphatic carbocycles. The largest absolute Gasteiger partial charge is 0.342 e. The molecule has 130 valence electrons. The van der Waals surface area contributed by atoms with Gasteiger partial charge in [0, 0.05) is 18.4 Å². The summed E-state index contributed by atoms with van der Waals surface area (Å²) in [4.78, 5) is 15.4. The number of piperidine rings is 1. The molecule has 1 N–H and O–H groups in total. The Hall–Kier alpha value is -2.21. The summed E-state index contributed by atoms with van der Waals surface area (Å²) >= 11 is 0. The van der Waals surface area contributed by atoms with E-state index in [2.05, 4.69) is 39.1 Å². The maximum atomic E-state index is 5.54. The van der Waals surface area contributed by atoms with Crippen LogP contribution in [0, 0.1) is 0 Å². The second kappa shape index (κ2) is 5.95. The minimum atomic E-state index is 0.159. The van der Waals surface area contributed by atoms with E-state index >= 15 is 0 Å². The molecule has 1 aliphatic heterocycles. The molecule has 2 atom stereocenters. The average molecular weight is 337 g/mol. The highest BCUT2D eigenvalue weighted by atomic mass is 16.5. The van der Waals surface area contributed by atoms with Crippen molar-refractivity contribution in [2.75, 3.05) is 13.1 Å². The zero-order valence-electron chi connectivity index (χ0n) is 14.5. The number of nitrogens with one attached hydrogen (secondary N) is 1. The van der Waals surface area contributed by atoms with Gasteiger partial charge in [0.1, 0.15) is 5.82 Å². The third-order valence-corrected chi connectivity index (χ3v) is 5.55. The van der Waals surface area contributed by atoms with Crippen molar-refractivity contribution >= 4 is 11.0 Å². The van der Waals surface area contributed by atoms with E-state index in [-0.39, 0.29) is 6.04 Å². The first kappa shape index (κ1) is 15.1. The lowest BCUT2D eigenvalue weighted by Gasteiger charge is -2.34. The van der Waals surface area contributed by atoms with Crippen LogP contribution in [0.4, 0.5) is 0 Å². The number of hydrogen-bond acceptors (Lipinski definition) is 5. The molecule has 6 heteroatoms. The molecule has 6 nitrogen and oxygen atoms in total. The van der Waals surface area contributed by atoms with Gasteiger partial charge in [0.05, 0.1) is 17.1 Å². The van der Waals surface area contributed by atoms with Crippen LogP contribution in [0.5, 0.6) is 0 Å². The molecule has 0 bridgehead atoms. The fraction of sp³-hybridized carbons (Fsp3) is 0.526. The van der Waals surface area contributed by atoms with Crippen LogP contribution in [0.15, 0.2) is 28.8 Å². The second-order valence-corrected chi connectivity index (χ2v) is 7.41. The number of fused-ring (bicyclic) bond motifs is 1. The van der Waals surface area contributed by atoms with E-state index < -0.39 is 0 Å². The predicted octanol–water partition coefficient (Wildman–Crippen LogP) is 3.76. The molecule has 0 unspecified atom stereocenters. The molecule has 25 heavy (non-hydrogen) atoms. The summed E-state index contributed by atoms with van der Waals surface area (Å²) in [6, 6.07) is 8.40. The van der Waals surface area contributed by atoms with Gasteiger partial charge >= 0.3 is 0 Å². The summed E-state index contributed by atoms with van der Waals surface area (Å²) in [5, 5.41) is 4.17. The highest BCUT2D eigenvalue weighted by molar-refractivity contribution is 5.74. The topological polar surface area (TPSA) is 70.8 Å². The molecule has 3 heterocycles. The smallest absolute Gasteiger partial charge is 0.243 e. The van der Waals surface area contributed by atoms with Crippen LogP contribution in [-0.4, -0.2) is 38.1 Å². The van der Waals surface area contributed by atoms with E-state index in [4.69, 9.17) is 9.51 Å². The van der Waals surface area contributed by atoms with Crippen LogP contribution in [0.2, 0.25) is 0 Å². The Morgan fingerprint density at radius 3 is 2.88 bits per heavy atom. The van der Waals surface area contributed by atoms with Crippen molar-refractivity contribution in [1.82, 2.24) is 25.0 Å². The number of likely N-dealkylation sites (tertiary alicyclic amines) is 1. The molecule has 2 aliphatic rings. The van der Waals surface area contributed by atoms with Gasteiger partial charge in [-0.25, -0.2) is 4.98 Å². The van der Waals surface area contributed by atoms with Crippen LogP contribution in [-0.2, 0) is 0 Å². The summed E-state index contributed by atoms with van der Waals surface area (Å²) in [6.07, 6.45) is 4.73. The van der Waals surface area contributed by atoms with Gasteiger partial charge in [-0.2, -0.15) is 4.98 Å². The third kappa shape index (κ3) is 2.84. The molecule has 1 saturated carbocycles. The van der Waals surface area contributed by atoms with Crippen LogP contribution in [0.1, 0.15) is 68.0 Å². The van der Waals surface area contributed by atoms with Gasteiger partial charge in [0.25, 0.3) is 0 Å². The number of rotatable bonds is 4. The molecule has 0 spiro atoms. The Labute approximate surface area is 146 Å². The summed E-state index contributed by atoms with van der Waals surface area (Å²) in [6.45, 7) is 4.21. The van der Waals surface area contributed by atoms with Crippen molar-refractivity contribution in [3.63, 3.8) is 0 Å². The molecule has 3 aromatic rings. The molecule has 2 fully saturated rings. The molecule has 0 amide bonds. The number of nitrogens with zero attached hydrogens (tertiary/aromatic N) is 4. The van der Waals surface area contributed by atoms with Gasteiger partial charge in [-0.15, -0.1) is 0 Å². The van der Waals surface area contributed by atoms with Crippen molar-refractivity contribution < 1.29 is 4.52 Å². The first-order valence-electron chi connectivity index (χ1n) is 9.30. The SMILES string of the molecule is C[C@@H](c1nc(C2CC2)no1)N1CCC[C@H](c2nc3ccccc3[nH]2)C1. The second-order valence-electron chi connectivity index (χ2n) is 7.41. The number of aromatic nitrogens is 4. The maximum absolute atomic E-state index is 5.54. The first-order valence-corrected chi connectivity index (χ1v) is 9.30. The van der Waals surface area contributed by atoms with Crippen molar-refractivity contribution in [2.45, 2.75) is 50.5 Å². The number of benzene rings is 1. The van der Waals surface area contributed by atoms with E-state index in [1.807, 2.05) is 12.1 Å². The number of aromatic amines is 1. The van der Waals surface area contributed by atoms with Crippen LogP contribution in [0.3, 0.4) is 0 Å². The van der Waals surface area contributed by atoms with Crippen molar-refractivity contribution in [1.29, 1.82) is 0 Å². The Bertz CT molecular complexity index is 848. The Kier molecular flexibility index (Phi) is 3.59. The predicted molar refractivity (Wildman–Crippen MR) is 94.3 cm³/mol. The fourth-order valence-corrected chi connectivity index (χ4v) is 3.83. The Morgan fingerprint density at radius 1 is 1.16 bits per heavy atom. The zero-order valence-corrected chi connectivity index (χ0v) is 14.5. The van der Waals surface area contributed by atoms with Crippen LogP contribution in [0.25, 0.3) is 11.0 Å². The number of imidazole rings is 1. The number of para-hydroxylation sites is 2. The minimum absolute atomic E-state index is 0.159. The van der Waals surface area contributed by atoms with E-state index in [1.54, 1.807) is 0 Å². The number of hydrogen-bond donors (Lipinski definition) is 1. The monoisotopic (exact) mass is 337 g/mol. The molecular weight excluding hydrogens is 314 g/mol. The average Bonchev–Trinajstić information content (AvgIpc) is 3.22. The molecule has 0 radical (unpaired) electrons. The highest BCUT2D eigenvalue weighted by Gasteiger charge is 2.32. The van der Waals surface area contributed by atoms with Crippen molar-refractivity contribution in [3.8, 4) is 0 Å². The minimum Gasteiger partial charge on any atom is -0.342 e. The van der Waals surface area contributed by atoms with Gasteiger partial charge in [-0.1, -0.05) is 17.3 Å². The van der Waals surface area contributed by atoms with Gasteiger partial charge in [0.2, 0.25) is 5.89 Å². The Balaban J connectivity index is 1.34. The van der Waals surface area contributed by atoms with E-state index in [9.17, 15) is 0 Å². The van der Waals surface area contributed by atoms with Gasteiger partial charge in [-0.05, 0) is 51.3 Å². The molecule has 2 aromatic heterocycles. The Morgan fingerprint density at radius 2 is 2.04 bits per heavy atom. The lowest BCUT2D eigenvalue weighted by molar-refractivity contribution is 0.131. The third-order valence-electron chi connectivity index (χ3n) is 5.55. The van der Waals surface area contributed by atoms with E-state index in [1.165, 1.54) is 19.3 Å². The normalized spacial score (nSPS) is 23.2. The lowest BCUT2D eigenvalue weighted by Crippen LogP contribution is -2.36. The van der Waals surface area contributed by atoms with Gasteiger partial charge in [-0.3, -0.25) is 4.90 Å². The standard InChI is InChI=1S/C19H23N5O/c1-12(19-22-18(23-25-19)13-8-9-13)24-10-4-5-14(11-24)17-20-15-6-2-3-7-16(15)21-17/h2-3,6-7,12-14H,4-5,8-11H2,1H3,(H,20,21)/t12-,14-/m0/s1. The van der Waals surface area contributed by atoms with Crippen LogP contribution < -0.4 is 0 Å². The maximum Gasteiger partial charge on any atom is 0.243 e. The number of H-pyrrole nitrogens is 1. The van der Waals surface area contributed by atoms with E-state index in [0.29, 0.717) is 11.8 Å². The summed E-state index contributed by atoms with van der Waals surface area (Å²) < 4.78 is 5.54. The molecule has 5 rings (SSSR count). The van der Waals surface area contributed by atoms with Crippen LogP contribution >= 0.6 is 0 Å². The molecule has 1 aromatic carbocycles. The fourth-order valence-electron chi connectivity index (χ4n) is 3.83. The quantitative estimate of drug-likeness (QED) is 0.785. The highest BCUT2D eigenvalue weighted by Crippen LogP contribution is 2.39. The first-order chi connectivity index (χ1) is 12.3. The summed E-state index contributed by atoms with van der Waals surface area (Å²) in [7, 11) is 0. The summed E-state index contributed by atoms with van der Waals surface area (Å²) in [5.74, 6) is 3.71. The molecular formula is C19H23N5O. The van der Waals surface area contributed by atoms with Crippen molar-refractivity contribution in [3.05, 3.63) is 41.8 Å². The lowest BCUT2D eigenvalue weighted by atomic mass is 9.96. The zero-order chi connectivity index (χ0) is 16.8. The van der Waals surface area contributed by atoms with Gasteiger partial charge < -0.3 is 9.51 Å². The molecule has 1 saturated heterocycles. The van der Waals surface area contributed by atoms with E-state index in [0.717, 1.165) is 48.1 Å².